The average molecular weight is 423 g/mol. The quantitative estimate of drug-likeness (QED) is 0.533. The fourth-order valence-corrected chi connectivity index (χ4v) is 4.03. The van der Waals surface area contributed by atoms with Crippen molar-refractivity contribution >= 4 is 29.2 Å². The fourth-order valence-electron chi connectivity index (χ4n) is 3.10. The van der Waals surface area contributed by atoms with E-state index in [2.05, 4.69) is 21.4 Å². The van der Waals surface area contributed by atoms with Crippen LogP contribution < -0.4 is 10.2 Å². The molecule has 30 heavy (non-hydrogen) atoms. The van der Waals surface area contributed by atoms with E-state index in [9.17, 15) is 4.79 Å². The summed E-state index contributed by atoms with van der Waals surface area (Å²) in [5.74, 6) is 1.29. The molecule has 0 saturated carbocycles. The molecule has 0 saturated heterocycles. The van der Waals surface area contributed by atoms with Crippen LogP contribution in [-0.2, 0) is 5.75 Å². The van der Waals surface area contributed by atoms with Gasteiger partial charge in [0.05, 0.1) is 12.2 Å². The van der Waals surface area contributed by atoms with Gasteiger partial charge in [0, 0.05) is 37.4 Å². The first-order valence-electron chi connectivity index (χ1n) is 9.70. The Morgan fingerprint density at radius 3 is 2.60 bits per heavy atom. The van der Waals surface area contributed by atoms with Gasteiger partial charge in [0.25, 0.3) is 5.91 Å². The molecule has 6 nitrogen and oxygen atoms in total. The van der Waals surface area contributed by atoms with Crippen molar-refractivity contribution in [3.8, 4) is 0 Å². The van der Waals surface area contributed by atoms with Gasteiger partial charge in [-0.3, -0.25) is 4.79 Å². The first-order valence-corrected chi connectivity index (χ1v) is 10.7. The molecule has 2 N–H and O–H groups in total. The Labute approximate surface area is 181 Å². The number of amides is 1. The van der Waals surface area contributed by atoms with Crippen LogP contribution in [0.4, 0.5) is 11.5 Å². The molecule has 1 amide bonds. The summed E-state index contributed by atoms with van der Waals surface area (Å²) in [4.78, 5) is 23.5. The Kier molecular flexibility index (Phi) is 7.43. The summed E-state index contributed by atoms with van der Waals surface area (Å²) in [6.07, 6.45) is 3.45. The van der Waals surface area contributed by atoms with E-state index in [1.165, 1.54) is 11.8 Å². The fraction of sp³-hybridized carbons (Fsp3) is 0.261. The molecule has 7 heteroatoms. The number of nitrogens with zero attached hydrogens (tertiary/aromatic N) is 3. The molecular weight excluding hydrogens is 396 g/mol. The molecular formula is C23H26N4O2S. The minimum absolute atomic E-state index is 0.0734. The van der Waals surface area contributed by atoms with E-state index in [1.54, 1.807) is 24.5 Å². The lowest BCUT2D eigenvalue weighted by atomic mass is 10.1. The molecule has 3 aromatic rings. The van der Waals surface area contributed by atoms with Gasteiger partial charge in [-0.1, -0.05) is 6.07 Å². The van der Waals surface area contributed by atoms with Crippen molar-refractivity contribution in [3.63, 3.8) is 0 Å². The van der Waals surface area contributed by atoms with E-state index >= 15 is 0 Å². The molecule has 0 fully saturated rings. The molecule has 0 unspecified atom stereocenters. The van der Waals surface area contributed by atoms with Crippen LogP contribution in [-0.4, -0.2) is 41.2 Å². The molecule has 156 valence electrons. The number of nitrogens with one attached hydrogen (secondary N) is 1. The second kappa shape index (κ2) is 10.2. The van der Waals surface area contributed by atoms with Crippen molar-refractivity contribution in [2.24, 2.45) is 0 Å². The van der Waals surface area contributed by atoms with E-state index in [4.69, 9.17) is 5.11 Å². The molecule has 0 aliphatic heterocycles. The van der Waals surface area contributed by atoms with Crippen LogP contribution in [0.15, 0.2) is 59.9 Å². The number of carbonyl (C=O) groups is 1. The smallest absolute Gasteiger partial charge is 0.258 e. The van der Waals surface area contributed by atoms with Gasteiger partial charge in [0.2, 0.25) is 0 Å². The number of carbonyl (C=O) groups excluding carboxylic acids is 1. The second-order valence-corrected chi connectivity index (χ2v) is 8.11. The van der Waals surface area contributed by atoms with Crippen LogP contribution >= 0.6 is 11.8 Å². The third-order valence-corrected chi connectivity index (χ3v) is 5.58. The van der Waals surface area contributed by atoms with Gasteiger partial charge in [-0.15, -0.1) is 11.8 Å². The Morgan fingerprint density at radius 2 is 1.87 bits per heavy atom. The summed E-state index contributed by atoms with van der Waals surface area (Å²) in [7, 11) is 1.89. The number of aryl methyl sites for hydroxylation is 2. The lowest BCUT2D eigenvalue weighted by molar-refractivity contribution is 0.102. The SMILES string of the molecule is Cc1cc(C)cc(NC(=O)c2cccnc2SCc2ccnc(N(C)CCO)c2)c1. The van der Waals surface area contributed by atoms with Crippen LogP contribution in [0.2, 0.25) is 0 Å². The molecule has 0 atom stereocenters. The van der Waals surface area contributed by atoms with Gasteiger partial charge in [-0.25, -0.2) is 9.97 Å². The number of benzene rings is 1. The number of anilines is 2. The Morgan fingerprint density at radius 1 is 1.10 bits per heavy atom. The zero-order valence-electron chi connectivity index (χ0n) is 17.4. The molecule has 2 heterocycles. The number of thioether (sulfide) groups is 1. The predicted molar refractivity (Wildman–Crippen MR) is 122 cm³/mol. The third-order valence-electron chi connectivity index (χ3n) is 4.51. The highest BCUT2D eigenvalue weighted by Gasteiger charge is 2.14. The third kappa shape index (κ3) is 5.81. The predicted octanol–water partition coefficient (Wildman–Crippen LogP) is 4.07. The van der Waals surface area contributed by atoms with Crippen LogP contribution in [0.5, 0.6) is 0 Å². The van der Waals surface area contributed by atoms with Gasteiger partial charge in [0.1, 0.15) is 10.8 Å². The minimum Gasteiger partial charge on any atom is -0.395 e. The van der Waals surface area contributed by atoms with Crippen molar-refractivity contribution in [2.45, 2.75) is 24.6 Å². The summed E-state index contributed by atoms with van der Waals surface area (Å²) in [6.45, 7) is 4.61. The number of aliphatic hydroxyl groups excluding tert-OH is 1. The number of aliphatic hydroxyl groups is 1. The molecule has 1 aromatic carbocycles. The molecule has 3 rings (SSSR count). The number of pyridine rings is 2. The zero-order chi connectivity index (χ0) is 21.5. The van der Waals surface area contributed by atoms with Crippen LogP contribution in [0.3, 0.4) is 0 Å². The van der Waals surface area contributed by atoms with Crippen LogP contribution in [0.1, 0.15) is 27.0 Å². The maximum Gasteiger partial charge on any atom is 0.258 e. The highest BCUT2D eigenvalue weighted by Crippen LogP contribution is 2.26. The summed E-state index contributed by atoms with van der Waals surface area (Å²) < 4.78 is 0. The summed E-state index contributed by atoms with van der Waals surface area (Å²) >= 11 is 1.51. The molecule has 2 aromatic heterocycles. The highest BCUT2D eigenvalue weighted by atomic mass is 32.2. The zero-order valence-corrected chi connectivity index (χ0v) is 18.2. The maximum atomic E-state index is 12.9. The second-order valence-electron chi connectivity index (χ2n) is 7.14. The molecule has 0 radical (unpaired) electrons. The number of rotatable bonds is 8. The Hall–Kier alpha value is -2.90. The number of hydrogen-bond donors (Lipinski definition) is 2. The largest absolute Gasteiger partial charge is 0.395 e. The van der Waals surface area contributed by atoms with Gasteiger partial charge >= 0.3 is 0 Å². The maximum absolute atomic E-state index is 12.9. The van der Waals surface area contributed by atoms with Gasteiger partial charge in [0.15, 0.2) is 0 Å². The van der Waals surface area contributed by atoms with E-state index in [0.29, 0.717) is 22.9 Å². The Bertz CT molecular complexity index is 1010. The standard InChI is InChI=1S/C23H26N4O2S/c1-16-11-17(2)13-19(12-16)26-22(29)20-5-4-7-25-23(20)30-15-18-6-8-24-21(14-18)27(3)9-10-28/h4-8,11-14,28H,9-10,15H2,1-3H3,(H,26,29). The molecule has 0 aliphatic rings. The van der Waals surface area contributed by atoms with Crippen molar-refractivity contribution in [1.82, 2.24) is 9.97 Å². The van der Waals surface area contributed by atoms with Crippen molar-refractivity contribution in [2.75, 3.05) is 30.4 Å². The van der Waals surface area contributed by atoms with E-state index < -0.39 is 0 Å². The summed E-state index contributed by atoms with van der Waals surface area (Å²) in [5, 5.41) is 12.8. The van der Waals surface area contributed by atoms with E-state index in [1.807, 2.05) is 50.1 Å². The van der Waals surface area contributed by atoms with E-state index in [-0.39, 0.29) is 12.5 Å². The average Bonchev–Trinajstić information content (AvgIpc) is 2.72. The Balaban J connectivity index is 1.72. The normalized spacial score (nSPS) is 10.7. The first kappa shape index (κ1) is 21.8. The summed E-state index contributed by atoms with van der Waals surface area (Å²) in [6, 6.07) is 13.5. The van der Waals surface area contributed by atoms with E-state index in [0.717, 1.165) is 28.2 Å². The van der Waals surface area contributed by atoms with Crippen molar-refractivity contribution in [1.29, 1.82) is 0 Å². The number of likely N-dealkylation sites (N-methyl/N-ethyl adjacent to an activating group) is 1. The highest BCUT2D eigenvalue weighted by molar-refractivity contribution is 7.98. The number of hydrogen-bond acceptors (Lipinski definition) is 6. The lowest BCUT2D eigenvalue weighted by Gasteiger charge is -2.17. The lowest BCUT2D eigenvalue weighted by Crippen LogP contribution is -2.22. The minimum atomic E-state index is -0.173. The van der Waals surface area contributed by atoms with Gasteiger partial charge < -0.3 is 15.3 Å². The van der Waals surface area contributed by atoms with Crippen LogP contribution in [0, 0.1) is 13.8 Å². The van der Waals surface area contributed by atoms with Gasteiger partial charge in [-0.2, -0.15) is 0 Å². The summed E-state index contributed by atoms with van der Waals surface area (Å²) in [5.41, 5.74) is 4.61. The molecule has 0 bridgehead atoms. The first-order chi connectivity index (χ1) is 14.5. The van der Waals surface area contributed by atoms with Crippen molar-refractivity contribution < 1.29 is 9.90 Å². The van der Waals surface area contributed by atoms with Gasteiger partial charge in [-0.05, 0) is 66.9 Å². The monoisotopic (exact) mass is 422 g/mol. The number of aromatic nitrogens is 2. The topological polar surface area (TPSA) is 78.4 Å². The van der Waals surface area contributed by atoms with Crippen LogP contribution in [0.25, 0.3) is 0 Å². The molecule has 0 aliphatic carbocycles. The molecule has 0 spiro atoms. The van der Waals surface area contributed by atoms with Crippen molar-refractivity contribution in [3.05, 3.63) is 77.1 Å².